The zero-order chi connectivity index (χ0) is 24.8. The Hall–Kier alpha value is -1.14. The fourth-order valence-electron chi connectivity index (χ4n) is 3.73. The smallest absolute Gasteiger partial charge is 0.307 e. The lowest BCUT2D eigenvalue weighted by Crippen LogP contribution is -2.46. The molecule has 0 saturated heterocycles. The molecule has 196 valence electrons. The Morgan fingerprint density at radius 3 is 1.64 bits per heavy atom. The lowest BCUT2D eigenvalue weighted by molar-refractivity contribution is -0.144. The third-order valence-electron chi connectivity index (χ3n) is 6.29. The Morgan fingerprint density at radius 2 is 1.21 bits per heavy atom. The van der Waals surface area contributed by atoms with E-state index >= 15 is 0 Å². The Bertz CT molecular complexity index is 481. The average Bonchev–Trinajstić information content (AvgIpc) is 2.80. The zero-order valence-corrected chi connectivity index (χ0v) is 21.8. The largest absolute Gasteiger partial charge is 0.466 e. The first-order chi connectivity index (χ1) is 15.8. The predicted octanol–water partition coefficient (Wildman–Crippen LogP) is 5.68. The SMILES string of the molecule is CCCCCCCCCCCCCCCCCCOC(=O)CCNC(=O)C(O)C(C)(C)CO. The van der Waals surface area contributed by atoms with E-state index in [9.17, 15) is 19.8 Å². The van der Waals surface area contributed by atoms with Crippen LogP contribution in [-0.4, -0.2) is 48.0 Å². The van der Waals surface area contributed by atoms with Crippen molar-refractivity contribution in [3.63, 3.8) is 0 Å². The van der Waals surface area contributed by atoms with Crippen LogP contribution in [0.15, 0.2) is 0 Å². The van der Waals surface area contributed by atoms with E-state index in [1.54, 1.807) is 13.8 Å². The van der Waals surface area contributed by atoms with Crippen molar-refractivity contribution in [3.05, 3.63) is 0 Å². The van der Waals surface area contributed by atoms with Crippen LogP contribution in [0, 0.1) is 5.41 Å². The molecule has 0 bridgehead atoms. The molecule has 3 N–H and O–H groups in total. The summed E-state index contributed by atoms with van der Waals surface area (Å²) in [5, 5.41) is 21.6. The second kappa shape index (κ2) is 21.4. The molecule has 1 amide bonds. The van der Waals surface area contributed by atoms with E-state index in [-0.39, 0.29) is 25.5 Å². The molecule has 0 aliphatic rings. The molecule has 1 atom stereocenters. The monoisotopic (exact) mass is 471 g/mol. The molecular formula is C27H53NO5. The summed E-state index contributed by atoms with van der Waals surface area (Å²) >= 11 is 0. The summed E-state index contributed by atoms with van der Waals surface area (Å²) in [5.74, 6) is -0.924. The minimum Gasteiger partial charge on any atom is -0.466 e. The van der Waals surface area contributed by atoms with Crippen LogP contribution in [0.3, 0.4) is 0 Å². The van der Waals surface area contributed by atoms with Crippen LogP contribution in [0.2, 0.25) is 0 Å². The third-order valence-corrected chi connectivity index (χ3v) is 6.29. The fraction of sp³-hybridized carbons (Fsp3) is 0.926. The van der Waals surface area contributed by atoms with E-state index in [0.29, 0.717) is 6.61 Å². The first-order valence-electron chi connectivity index (χ1n) is 13.6. The van der Waals surface area contributed by atoms with Gasteiger partial charge in [-0.05, 0) is 6.42 Å². The number of amides is 1. The van der Waals surface area contributed by atoms with Crippen LogP contribution in [0.1, 0.15) is 130 Å². The van der Waals surface area contributed by atoms with E-state index in [1.165, 1.54) is 89.9 Å². The second-order valence-electron chi connectivity index (χ2n) is 10.1. The quantitative estimate of drug-likeness (QED) is 0.132. The first-order valence-corrected chi connectivity index (χ1v) is 13.6. The highest BCUT2D eigenvalue weighted by molar-refractivity contribution is 5.81. The van der Waals surface area contributed by atoms with Crippen LogP contribution in [0.25, 0.3) is 0 Å². The van der Waals surface area contributed by atoms with Gasteiger partial charge in [0.1, 0.15) is 6.10 Å². The highest BCUT2D eigenvalue weighted by Crippen LogP contribution is 2.19. The number of carbonyl (C=O) groups is 2. The van der Waals surface area contributed by atoms with Crippen molar-refractivity contribution in [1.82, 2.24) is 5.32 Å². The van der Waals surface area contributed by atoms with Gasteiger partial charge in [0.15, 0.2) is 0 Å². The van der Waals surface area contributed by atoms with Crippen molar-refractivity contribution >= 4 is 11.9 Å². The average molecular weight is 472 g/mol. The number of aliphatic hydroxyl groups excluding tert-OH is 2. The highest BCUT2D eigenvalue weighted by atomic mass is 16.5. The van der Waals surface area contributed by atoms with E-state index in [4.69, 9.17) is 4.74 Å². The normalized spacial score (nSPS) is 12.5. The molecule has 0 radical (unpaired) electrons. The number of unbranched alkanes of at least 4 members (excludes halogenated alkanes) is 15. The van der Waals surface area contributed by atoms with E-state index in [2.05, 4.69) is 12.2 Å². The van der Waals surface area contributed by atoms with Crippen molar-refractivity contribution in [2.75, 3.05) is 19.8 Å². The van der Waals surface area contributed by atoms with E-state index in [0.717, 1.165) is 12.8 Å². The molecule has 0 aromatic heterocycles. The highest BCUT2D eigenvalue weighted by Gasteiger charge is 2.32. The maximum atomic E-state index is 11.8. The summed E-state index contributed by atoms with van der Waals surface area (Å²) in [6, 6.07) is 0. The predicted molar refractivity (Wildman–Crippen MR) is 135 cm³/mol. The van der Waals surface area contributed by atoms with Gasteiger partial charge in [0.2, 0.25) is 5.91 Å². The van der Waals surface area contributed by atoms with Crippen LogP contribution < -0.4 is 5.32 Å². The standard InChI is InChI=1S/C27H53NO5/c1-4-5-6-7-8-9-10-11-12-13-14-15-16-17-18-19-22-33-24(30)20-21-28-26(32)25(31)27(2,3)23-29/h25,29,31H,4-23H2,1-3H3,(H,28,32). The van der Waals surface area contributed by atoms with Crippen LogP contribution in [-0.2, 0) is 14.3 Å². The van der Waals surface area contributed by atoms with Crippen molar-refractivity contribution < 1.29 is 24.5 Å². The van der Waals surface area contributed by atoms with E-state index in [1.807, 2.05) is 0 Å². The summed E-state index contributed by atoms with van der Waals surface area (Å²) in [4.78, 5) is 23.6. The number of esters is 1. The summed E-state index contributed by atoms with van der Waals surface area (Å²) in [7, 11) is 0. The van der Waals surface area contributed by atoms with Gasteiger partial charge in [-0.25, -0.2) is 0 Å². The minimum absolute atomic E-state index is 0.0802. The molecule has 1 unspecified atom stereocenters. The number of hydrogen-bond donors (Lipinski definition) is 3. The maximum absolute atomic E-state index is 11.8. The number of nitrogens with one attached hydrogen (secondary N) is 1. The molecule has 0 aromatic carbocycles. The van der Waals surface area contributed by atoms with Crippen molar-refractivity contribution in [2.24, 2.45) is 5.41 Å². The Morgan fingerprint density at radius 1 is 0.788 bits per heavy atom. The second-order valence-corrected chi connectivity index (χ2v) is 10.1. The molecule has 0 saturated carbocycles. The summed E-state index contributed by atoms with van der Waals surface area (Å²) in [5.41, 5.74) is -0.919. The molecule has 33 heavy (non-hydrogen) atoms. The Labute approximate surface area is 203 Å². The molecular weight excluding hydrogens is 418 g/mol. The number of aliphatic hydroxyl groups is 2. The van der Waals surface area contributed by atoms with Crippen molar-refractivity contribution in [3.8, 4) is 0 Å². The molecule has 0 spiro atoms. The number of ether oxygens (including phenoxy) is 1. The lowest BCUT2D eigenvalue weighted by atomic mass is 9.87. The van der Waals surface area contributed by atoms with Gasteiger partial charge in [-0.2, -0.15) is 0 Å². The van der Waals surface area contributed by atoms with Gasteiger partial charge < -0.3 is 20.3 Å². The van der Waals surface area contributed by atoms with Gasteiger partial charge in [0.05, 0.1) is 19.6 Å². The maximum Gasteiger partial charge on any atom is 0.307 e. The topological polar surface area (TPSA) is 95.9 Å². The number of carbonyl (C=O) groups excluding carboxylic acids is 2. The molecule has 6 nitrogen and oxygen atoms in total. The van der Waals surface area contributed by atoms with Crippen molar-refractivity contribution in [1.29, 1.82) is 0 Å². The van der Waals surface area contributed by atoms with Gasteiger partial charge in [0, 0.05) is 12.0 Å². The first kappa shape index (κ1) is 31.9. The third kappa shape index (κ3) is 18.9. The summed E-state index contributed by atoms with van der Waals surface area (Å²) in [6.45, 7) is 5.71. The molecule has 0 aromatic rings. The molecule has 0 fully saturated rings. The summed E-state index contributed by atoms with van der Waals surface area (Å²) in [6.07, 6.45) is 19.7. The Kier molecular flexibility index (Phi) is 20.7. The lowest BCUT2D eigenvalue weighted by Gasteiger charge is -2.27. The number of rotatable bonds is 23. The molecule has 6 heteroatoms. The van der Waals surface area contributed by atoms with Gasteiger partial charge in [-0.15, -0.1) is 0 Å². The zero-order valence-electron chi connectivity index (χ0n) is 21.8. The van der Waals surface area contributed by atoms with Crippen LogP contribution in [0.4, 0.5) is 0 Å². The van der Waals surface area contributed by atoms with E-state index < -0.39 is 17.4 Å². The number of hydrogen-bond acceptors (Lipinski definition) is 5. The Balaban J connectivity index is 3.38. The van der Waals surface area contributed by atoms with Gasteiger partial charge in [-0.3, -0.25) is 9.59 Å². The molecule has 0 heterocycles. The fourth-order valence-corrected chi connectivity index (χ4v) is 3.73. The van der Waals surface area contributed by atoms with Crippen LogP contribution >= 0.6 is 0 Å². The van der Waals surface area contributed by atoms with Gasteiger partial charge in [-0.1, -0.05) is 117 Å². The van der Waals surface area contributed by atoms with Crippen LogP contribution in [0.5, 0.6) is 0 Å². The van der Waals surface area contributed by atoms with Crippen molar-refractivity contribution in [2.45, 2.75) is 136 Å². The minimum atomic E-state index is -1.32. The van der Waals surface area contributed by atoms with Gasteiger partial charge in [0.25, 0.3) is 0 Å². The molecule has 0 rings (SSSR count). The van der Waals surface area contributed by atoms with Gasteiger partial charge >= 0.3 is 5.97 Å². The molecule has 0 aliphatic heterocycles. The molecule has 0 aliphatic carbocycles. The summed E-state index contributed by atoms with van der Waals surface area (Å²) < 4.78 is 5.20.